The van der Waals surface area contributed by atoms with Gasteiger partial charge in [-0.25, -0.2) is 4.79 Å². The molecule has 2 aliphatic rings. The molecule has 4 rings (SSSR count). The Kier molecular flexibility index (Phi) is 3.91. The Morgan fingerprint density at radius 1 is 1.25 bits per heavy atom. The predicted molar refractivity (Wildman–Crippen MR) is 90.6 cm³/mol. The largest absolute Gasteiger partial charge is 0.461 e. The lowest BCUT2D eigenvalue weighted by molar-refractivity contribution is -0.146. The Labute approximate surface area is 140 Å². The Hall–Kier alpha value is -2.10. The zero-order chi connectivity index (χ0) is 16.7. The van der Waals surface area contributed by atoms with E-state index >= 15 is 0 Å². The maximum absolute atomic E-state index is 12.2. The van der Waals surface area contributed by atoms with Gasteiger partial charge in [-0.3, -0.25) is 4.79 Å². The van der Waals surface area contributed by atoms with Gasteiger partial charge in [0.2, 0.25) is 0 Å². The maximum atomic E-state index is 12.2. The molecule has 1 aromatic heterocycles. The van der Waals surface area contributed by atoms with E-state index in [1.807, 2.05) is 25.1 Å². The Morgan fingerprint density at radius 2 is 2.12 bits per heavy atom. The number of fused-ring (bicyclic) bond motifs is 3. The molecule has 126 valence electrons. The summed E-state index contributed by atoms with van der Waals surface area (Å²) in [4.78, 5) is 23.9. The molecule has 0 saturated heterocycles. The minimum Gasteiger partial charge on any atom is -0.461 e. The number of hydrogen-bond donors (Lipinski definition) is 0. The van der Waals surface area contributed by atoms with E-state index in [1.54, 1.807) is 0 Å². The number of carbonyl (C=O) groups is 1. The molecular weight excluding hydrogens is 304 g/mol. The normalized spacial score (nSPS) is 25.3. The van der Waals surface area contributed by atoms with E-state index in [1.165, 1.54) is 31.7 Å². The van der Waals surface area contributed by atoms with Crippen LogP contribution in [-0.2, 0) is 16.1 Å². The first kappa shape index (κ1) is 15.4. The van der Waals surface area contributed by atoms with Crippen molar-refractivity contribution in [2.45, 2.75) is 45.6 Å². The molecule has 4 heteroatoms. The average Bonchev–Trinajstić information content (AvgIpc) is 3.14. The fraction of sp³-hybridized carbons (Fsp3) is 0.500. The lowest BCUT2D eigenvalue weighted by Crippen LogP contribution is -2.17. The van der Waals surface area contributed by atoms with Gasteiger partial charge >= 0.3 is 11.6 Å². The predicted octanol–water partition coefficient (Wildman–Crippen LogP) is 3.97. The van der Waals surface area contributed by atoms with Crippen LogP contribution >= 0.6 is 0 Å². The molecule has 0 spiro atoms. The van der Waals surface area contributed by atoms with Crippen molar-refractivity contribution in [3.63, 3.8) is 0 Å². The summed E-state index contributed by atoms with van der Waals surface area (Å²) < 4.78 is 10.7. The second-order valence-electron chi connectivity index (χ2n) is 7.39. The molecule has 0 unspecified atom stereocenters. The van der Waals surface area contributed by atoms with Crippen LogP contribution in [0.5, 0.6) is 0 Å². The summed E-state index contributed by atoms with van der Waals surface area (Å²) in [7, 11) is 0. The summed E-state index contributed by atoms with van der Waals surface area (Å²) in [5, 5.41) is 0.827. The van der Waals surface area contributed by atoms with Gasteiger partial charge in [-0.15, -0.1) is 0 Å². The molecule has 1 aromatic carbocycles. The van der Waals surface area contributed by atoms with Gasteiger partial charge in [0.25, 0.3) is 0 Å². The van der Waals surface area contributed by atoms with Crippen molar-refractivity contribution in [2.75, 3.05) is 0 Å². The van der Waals surface area contributed by atoms with Crippen molar-refractivity contribution >= 4 is 16.9 Å². The quantitative estimate of drug-likeness (QED) is 0.630. The Balaban J connectivity index is 1.44. The van der Waals surface area contributed by atoms with Crippen molar-refractivity contribution in [1.29, 1.82) is 0 Å². The van der Waals surface area contributed by atoms with Crippen LogP contribution in [0.15, 0.2) is 33.5 Å². The highest BCUT2D eigenvalue weighted by molar-refractivity contribution is 5.81. The highest BCUT2D eigenvalue weighted by Gasteiger charge is 2.40. The summed E-state index contributed by atoms with van der Waals surface area (Å²) in [6.45, 7) is 2.08. The fourth-order valence-corrected chi connectivity index (χ4v) is 4.51. The first-order chi connectivity index (χ1) is 11.6. The van der Waals surface area contributed by atoms with Gasteiger partial charge in [0, 0.05) is 23.4 Å². The smallest absolute Gasteiger partial charge is 0.336 e. The molecule has 0 N–H and O–H groups in total. The second-order valence-corrected chi connectivity index (χ2v) is 7.39. The first-order valence-corrected chi connectivity index (χ1v) is 8.77. The topological polar surface area (TPSA) is 56.5 Å². The van der Waals surface area contributed by atoms with E-state index in [-0.39, 0.29) is 12.6 Å². The van der Waals surface area contributed by atoms with Crippen LogP contribution < -0.4 is 5.63 Å². The summed E-state index contributed by atoms with van der Waals surface area (Å²) in [6, 6.07) is 7.12. The number of aryl methyl sites for hydroxylation is 1. The molecule has 2 aromatic rings. The second kappa shape index (κ2) is 6.08. The molecule has 0 amide bonds. The summed E-state index contributed by atoms with van der Waals surface area (Å²) >= 11 is 0. The molecule has 0 aliphatic heterocycles. The molecule has 2 aliphatic carbocycles. The van der Waals surface area contributed by atoms with Gasteiger partial charge < -0.3 is 9.15 Å². The third kappa shape index (κ3) is 2.97. The minimum absolute atomic E-state index is 0.130. The van der Waals surface area contributed by atoms with Crippen LogP contribution in [-0.4, -0.2) is 5.97 Å². The average molecular weight is 326 g/mol. The number of carbonyl (C=O) groups excluding carboxylic acids is 1. The van der Waals surface area contributed by atoms with Gasteiger partial charge in [-0.05, 0) is 55.6 Å². The molecule has 0 radical (unpaired) electrons. The van der Waals surface area contributed by atoms with E-state index in [2.05, 4.69) is 0 Å². The van der Waals surface area contributed by atoms with Crippen molar-refractivity contribution in [3.05, 3.63) is 45.8 Å². The molecule has 2 fully saturated rings. The van der Waals surface area contributed by atoms with Crippen LogP contribution in [0.4, 0.5) is 0 Å². The number of hydrogen-bond acceptors (Lipinski definition) is 4. The van der Waals surface area contributed by atoms with Crippen molar-refractivity contribution in [2.24, 2.45) is 17.8 Å². The minimum atomic E-state index is -0.410. The molecular formula is C20H22O4. The van der Waals surface area contributed by atoms with Gasteiger partial charge in [0.1, 0.15) is 12.2 Å². The number of esters is 1. The van der Waals surface area contributed by atoms with Gasteiger partial charge in [-0.1, -0.05) is 18.6 Å². The summed E-state index contributed by atoms with van der Waals surface area (Å²) in [5.74, 6) is 1.89. The molecule has 3 atom stereocenters. The molecule has 2 bridgehead atoms. The van der Waals surface area contributed by atoms with Gasteiger partial charge in [0.05, 0.1) is 0 Å². The Morgan fingerprint density at radius 3 is 2.88 bits per heavy atom. The fourth-order valence-electron chi connectivity index (χ4n) is 4.51. The zero-order valence-electron chi connectivity index (χ0n) is 13.9. The third-order valence-corrected chi connectivity index (χ3v) is 5.69. The highest BCUT2D eigenvalue weighted by Crippen LogP contribution is 2.49. The monoisotopic (exact) mass is 326 g/mol. The standard InChI is InChI=1S/C20H22O4/c1-12-2-5-17-16(10-20(22)24-18(17)6-12)11-23-19(21)9-15-8-13-3-4-14(15)7-13/h2,5-6,10,13-15H,3-4,7-9,11H2,1H3/t13-,14+,15+/m0/s1. The maximum Gasteiger partial charge on any atom is 0.336 e. The Bertz CT molecular complexity index is 835. The van der Waals surface area contributed by atoms with Crippen molar-refractivity contribution in [3.8, 4) is 0 Å². The lowest BCUT2D eigenvalue weighted by atomic mass is 9.86. The van der Waals surface area contributed by atoms with Crippen LogP contribution in [0.3, 0.4) is 0 Å². The van der Waals surface area contributed by atoms with Crippen LogP contribution in [0.1, 0.15) is 43.2 Å². The van der Waals surface area contributed by atoms with Gasteiger partial charge in [0.15, 0.2) is 0 Å². The summed E-state index contributed by atoms with van der Waals surface area (Å²) in [6.07, 6.45) is 5.59. The zero-order valence-corrected chi connectivity index (χ0v) is 13.9. The molecule has 2 saturated carbocycles. The lowest BCUT2D eigenvalue weighted by Gasteiger charge is -2.20. The van der Waals surface area contributed by atoms with E-state index in [9.17, 15) is 9.59 Å². The van der Waals surface area contributed by atoms with E-state index in [4.69, 9.17) is 9.15 Å². The number of ether oxygens (including phenoxy) is 1. The van der Waals surface area contributed by atoms with Crippen LogP contribution in [0.2, 0.25) is 0 Å². The van der Waals surface area contributed by atoms with Crippen molar-refractivity contribution < 1.29 is 13.9 Å². The molecule has 4 nitrogen and oxygen atoms in total. The van der Waals surface area contributed by atoms with E-state index in [0.717, 1.165) is 22.8 Å². The first-order valence-electron chi connectivity index (χ1n) is 8.77. The SMILES string of the molecule is Cc1ccc2c(COC(=O)C[C@H]3C[C@H]4CC[C@@H]3C4)cc(=O)oc2c1. The van der Waals surface area contributed by atoms with Crippen molar-refractivity contribution in [1.82, 2.24) is 0 Å². The van der Waals surface area contributed by atoms with Crippen LogP contribution in [0.25, 0.3) is 11.0 Å². The summed E-state index contributed by atoms with van der Waals surface area (Å²) in [5.41, 5.74) is 1.87. The third-order valence-electron chi connectivity index (χ3n) is 5.69. The van der Waals surface area contributed by atoms with Gasteiger partial charge in [-0.2, -0.15) is 0 Å². The van der Waals surface area contributed by atoms with Crippen LogP contribution in [0, 0.1) is 24.7 Å². The number of benzene rings is 1. The van der Waals surface area contributed by atoms with E-state index in [0.29, 0.717) is 23.5 Å². The molecule has 1 heterocycles. The molecule has 24 heavy (non-hydrogen) atoms. The number of rotatable bonds is 4. The van der Waals surface area contributed by atoms with E-state index < -0.39 is 5.63 Å². The highest BCUT2D eigenvalue weighted by atomic mass is 16.5.